The molecule has 0 aromatic heterocycles. The third-order valence-electron chi connectivity index (χ3n) is 5.22. The maximum Gasteiger partial charge on any atom is 0.408 e. The fraction of sp³-hybridized carbons (Fsp3) is 0.125. The van der Waals surface area contributed by atoms with Crippen LogP contribution in [0.5, 0.6) is 0 Å². The van der Waals surface area contributed by atoms with Crippen LogP contribution in [0.4, 0.5) is 4.79 Å². The zero-order valence-corrected chi connectivity index (χ0v) is 16.1. The van der Waals surface area contributed by atoms with E-state index in [1.165, 1.54) is 0 Å². The van der Waals surface area contributed by atoms with E-state index in [1.807, 2.05) is 42.5 Å². The second-order valence-corrected chi connectivity index (χ2v) is 6.98. The Morgan fingerprint density at radius 1 is 1.00 bits per heavy atom. The number of carbonyl (C=O) groups is 1. The molecule has 3 aromatic rings. The van der Waals surface area contributed by atoms with Crippen LogP contribution in [-0.4, -0.2) is 17.8 Å². The molecular weight excluding hydrogens is 378 g/mol. The number of aliphatic hydroxyl groups excluding tert-OH is 1. The molecule has 0 fully saturated rings. The number of amides is 1. The van der Waals surface area contributed by atoms with Gasteiger partial charge in [-0.3, -0.25) is 0 Å². The lowest BCUT2D eigenvalue weighted by atomic mass is 9.98. The highest BCUT2D eigenvalue weighted by molar-refractivity contribution is 5.79. The van der Waals surface area contributed by atoms with Gasteiger partial charge in [0.15, 0.2) is 4.98 Å². The summed E-state index contributed by atoms with van der Waals surface area (Å²) in [7, 11) is 0. The van der Waals surface area contributed by atoms with Gasteiger partial charge >= 0.3 is 12.3 Å². The molecule has 0 saturated carbocycles. The molecule has 0 saturated heterocycles. The lowest BCUT2D eigenvalue weighted by Crippen LogP contribution is -2.31. The minimum atomic E-state index is -0.891. The molecule has 148 valence electrons. The number of hydrogen-bond donors (Lipinski definition) is 2. The molecular formula is C24H20N3O3+. The molecule has 0 spiro atoms. The van der Waals surface area contributed by atoms with Crippen molar-refractivity contribution in [1.82, 2.24) is 5.32 Å². The van der Waals surface area contributed by atoms with Crippen LogP contribution in [0.2, 0.25) is 0 Å². The van der Waals surface area contributed by atoms with E-state index in [1.54, 1.807) is 24.3 Å². The first-order chi connectivity index (χ1) is 14.7. The number of aliphatic hydroxyl groups is 1. The standard InChI is InChI=1S/C24H19N3O3/c25-26-14-22(28)23(16-8-2-1-3-9-16)27-24(29)30-15-21-19-12-6-4-10-17(19)18-11-5-7-13-20(18)21/h1-14,21,23H,15H2,(H-,27,28,29)/p+1/b22-14-/t23-/m0/s1. The first-order valence-corrected chi connectivity index (χ1v) is 9.58. The Labute approximate surface area is 174 Å². The average molecular weight is 398 g/mol. The highest BCUT2D eigenvalue weighted by atomic mass is 16.5. The Kier molecular flexibility index (Phi) is 5.44. The molecule has 1 aliphatic rings. The zero-order valence-electron chi connectivity index (χ0n) is 16.1. The van der Waals surface area contributed by atoms with Gasteiger partial charge in [0, 0.05) is 5.92 Å². The summed E-state index contributed by atoms with van der Waals surface area (Å²) < 4.78 is 5.54. The van der Waals surface area contributed by atoms with Crippen molar-refractivity contribution in [3.63, 3.8) is 0 Å². The number of alkyl carbamates (subject to hydrolysis) is 1. The first-order valence-electron chi connectivity index (χ1n) is 9.58. The minimum Gasteiger partial charge on any atom is -0.504 e. The molecule has 0 aliphatic heterocycles. The summed E-state index contributed by atoms with van der Waals surface area (Å²) in [4.78, 5) is 15.4. The van der Waals surface area contributed by atoms with E-state index in [2.05, 4.69) is 22.4 Å². The number of benzene rings is 3. The molecule has 1 amide bonds. The maximum atomic E-state index is 12.6. The minimum absolute atomic E-state index is 0.0603. The van der Waals surface area contributed by atoms with Gasteiger partial charge in [0.05, 0.1) is 0 Å². The molecule has 2 N–H and O–H groups in total. The fourth-order valence-electron chi connectivity index (χ4n) is 3.87. The van der Waals surface area contributed by atoms with E-state index in [9.17, 15) is 9.90 Å². The molecule has 1 aliphatic carbocycles. The predicted molar refractivity (Wildman–Crippen MR) is 113 cm³/mol. The van der Waals surface area contributed by atoms with Gasteiger partial charge < -0.3 is 15.2 Å². The molecule has 0 unspecified atom stereocenters. The number of nitrogens with zero attached hydrogens (tertiary/aromatic N) is 2. The predicted octanol–water partition coefficient (Wildman–Crippen LogP) is 5.52. The molecule has 30 heavy (non-hydrogen) atoms. The number of ether oxygens (including phenoxy) is 1. The third-order valence-corrected chi connectivity index (χ3v) is 5.22. The third kappa shape index (κ3) is 3.74. The number of carbonyl (C=O) groups excluding carboxylic acids is 1. The van der Waals surface area contributed by atoms with Crippen molar-refractivity contribution in [2.45, 2.75) is 12.0 Å². The molecule has 6 nitrogen and oxygen atoms in total. The van der Waals surface area contributed by atoms with E-state index in [4.69, 9.17) is 10.1 Å². The largest absolute Gasteiger partial charge is 0.504 e. The highest BCUT2D eigenvalue weighted by Gasteiger charge is 2.30. The summed E-state index contributed by atoms with van der Waals surface area (Å²) in [5.41, 5.74) is 5.16. The second-order valence-electron chi connectivity index (χ2n) is 6.98. The van der Waals surface area contributed by atoms with Crippen molar-refractivity contribution in [3.8, 4) is 11.1 Å². The van der Waals surface area contributed by atoms with Crippen LogP contribution in [0, 0.1) is 5.39 Å². The SMILES string of the molecule is N#[N+]/C=C(\O)[C@@H](NC(=O)OCC1c2ccccc2-c2ccccc21)c1ccccc1. The molecule has 6 heteroatoms. The average Bonchev–Trinajstić information content (AvgIpc) is 3.10. The number of hydrogen-bond acceptors (Lipinski definition) is 4. The van der Waals surface area contributed by atoms with E-state index >= 15 is 0 Å². The Morgan fingerprint density at radius 2 is 1.57 bits per heavy atom. The van der Waals surface area contributed by atoms with Crippen LogP contribution in [0.1, 0.15) is 28.7 Å². The zero-order chi connectivity index (χ0) is 20.9. The summed E-state index contributed by atoms with van der Waals surface area (Å²) in [6.07, 6.45) is 0.199. The number of nitrogens with one attached hydrogen (secondary N) is 1. The van der Waals surface area contributed by atoms with Crippen LogP contribution < -0.4 is 5.32 Å². The fourth-order valence-corrected chi connectivity index (χ4v) is 3.87. The van der Waals surface area contributed by atoms with Crippen LogP contribution in [0.15, 0.2) is 90.8 Å². The normalized spacial score (nSPS) is 13.6. The lowest BCUT2D eigenvalue weighted by Gasteiger charge is -2.18. The number of rotatable bonds is 5. The van der Waals surface area contributed by atoms with Crippen LogP contribution >= 0.6 is 0 Å². The van der Waals surface area contributed by atoms with Crippen LogP contribution in [0.3, 0.4) is 0 Å². The Bertz CT molecular complexity index is 1090. The Hall–Kier alpha value is -4.11. The lowest BCUT2D eigenvalue weighted by molar-refractivity contribution is 0.138. The summed E-state index contributed by atoms with van der Waals surface area (Å²) in [6, 6.07) is 24.2. The maximum absolute atomic E-state index is 12.6. The molecule has 3 aromatic carbocycles. The van der Waals surface area contributed by atoms with Crippen molar-refractivity contribution >= 4 is 6.09 Å². The molecule has 4 rings (SSSR count). The van der Waals surface area contributed by atoms with E-state index in [-0.39, 0.29) is 18.3 Å². The second kappa shape index (κ2) is 8.50. The van der Waals surface area contributed by atoms with E-state index < -0.39 is 12.1 Å². The molecule has 0 bridgehead atoms. The number of diazo groups is 1. The van der Waals surface area contributed by atoms with Crippen LogP contribution in [0.25, 0.3) is 16.1 Å². The van der Waals surface area contributed by atoms with Gasteiger partial charge in [-0.15, -0.1) is 0 Å². The summed E-state index contributed by atoms with van der Waals surface area (Å²) in [6.45, 7) is 0.163. The summed E-state index contributed by atoms with van der Waals surface area (Å²) in [5, 5.41) is 21.6. The van der Waals surface area contributed by atoms with Crippen molar-refractivity contribution < 1.29 is 14.6 Å². The van der Waals surface area contributed by atoms with Gasteiger partial charge in [0.1, 0.15) is 12.6 Å². The van der Waals surface area contributed by atoms with Crippen molar-refractivity contribution in [1.29, 1.82) is 5.39 Å². The van der Waals surface area contributed by atoms with Gasteiger partial charge in [-0.05, 0) is 27.8 Å². The monoisotopic (exact) mass is 398 g/mol. The molecule has 0 radical (unpaired) electrons. The van der Waals surface area contributed by atoms with Crippen molar-refractivity contribution in [3.05, 3.63) is 112 Å². The summed E-state index contributed by atoms with van der Waals surface area (Å²) >= 11 is 0. The first kappa shape index (κ1) is 19.2. The Morgan fingerprint density at radius 3 is 2.17 bits per heavy atom. The van der Waals surface area contributed by atoms with Crippen molar-refractivity contribution in [2.24, 2.45) is 0 Å². The van der Waals surface area contributed by atoms with Gasteiger partial charge in [0.2, 0.25) is 11.2 Å². The molecule has 1 atom stereocenters. The van der Waals surface area contributed by atoms with E-state index in [0.29, 0.717) is 5.56 Å². The van der Waals surface area contributed by atoms with Crippen molar-refractivity contribution in [2.75, 3.05) is 6.61 Å². The van der Waals surface area contributed by atoms with Gasteiger partial charge in [-0.2, -0.15) is 0 Å². The quantitative estimate of drug-likeness (QED) is 0.438. The summed E-state index contributed by atoms with van der Waals surface area (Å²) in [5.74, 6) is -0.368. The Balaban J connectivity index is 1.51. The highest BCUT2D eigenvalue weighted by Crippen LogP contribution is 2.44. The number of fused-ring (bicyclic) bond motifs is 3. The van der Waals surface area contributed by atoms with E-state index in [0.717, 1.165) is 28.5 Å². The smallest absolute Gasteiger partial charge is 0.408 e. The molecule has 0 heterocycles. The van der Waals surface area contributed by atoms with Crippen LogP contribution in [-0.2, 0) is 4.74 Å². The van der Waals surface area contributed by atoms with Gasteiger partial charge in [-0.25, -0.2) is 4.79 Å². The van der Waals surface area contributed by atoms with Gasteiger partial charge in [0.25, 0.3) is 0 Å². The topological polar surface area (TPSA) is 86.7 Å². The van der Waals surface area contributed by atoms with Gasteiger partial charge in [-0.1, -0.05) is 78.9 Å².